The molecule has 23 heavy (non-hydrogen) atoms. The van der Waals surface area contributed by atoms with Crippen LogP contribution in [0.4, 0.5) is 23.1 Å². The largest absolute Gasteiger partial charge is 0.395 e. The Balaban J connectivity index is 1.63. The summed E-state index contributed by atoms with van der Waals surface area (Å²) in [5.74, 6) is 1.20. The van der Waals surface area contributed by atoms with Gasteiger partial charge in [-0.1, -0.05) is 0 Å². The normalized spacial score (nSPS) is 14.6. The van der Waals surface area contributed by atoms with Gasteiger partial charge in [0.05, 0.1) is 19.8 Å². The van der Waals surface area contributed by atoms with E-state index in [1.165, 1.54) is 5.69 Å². The summed E-state index contributed by atoms with van der Waals surface area (Å²) < 4.78 is 5.37. The number of nitrogens with zero attached hydrogens (tertiary/aromatic N) is 3. The molecule has 3 rings (SSSR count). The summed E-state index contributed by atoms with van der Waals surface area (Å²) in [6.45, 7) is 3.94. The van der Waals surface area contributed by atoms with Crippen LogP contribution >= 0.6 is 0 Å². The number of ether oxygens (including phenoxy) is 1. The van der Waals surface area contributed by atoms with E-state index in [2.05, 4.69) is 37.6 Å². The smallest absolute Gasteiger partial charge is 0.229 e. The molecule has 0 bridgehead atoms. The van der Waals surface area contributed by atoms with Crippen LogP contribution in [0.5, 0.6) is 0 Å². The third kappa shape index (κ3) is 4.30. The molecule has 0 aliphatic carbocycles. The van der Waals surface area contributed by atoms with Gasteiger partial charge >= 0.3 is 0 Å². The molecule has 2 aromatic rings. The van der Waals surface area contributed by atoms with Crippen LogP contribution < -0.4 is 15.5 Å². The lowest BCUT2D eigenvalue weighted by molar-refractivity contribution is 0.122. The predicted octanol–water partition coefficient (Wildman–Crippen LogP) is 1.46. The van der Waals surface area contributed by atoms with E-state index in [1.807, 2.05) is 12.1 Å². The Hall–Kier alpha value is -2.38. The van der Waals surface area contributed by atoms with Gasteiger partial charge in [0.1, 0.15) is 5.82 Å². The van der Waals surface area contributed by atoms with Crippen molar-refractivity contribution < 1.29 is 9.84 Å². The molecule has 0 spiro atoms. The average molecular weight is 315 g/mol. The summed E-state index contributed by atoms with van der Waals surface area (Å²) in [6, 6.07) is 9.97. The van der Waals surface area contributed by atoms with Gasteiger partial charge in [-0.2, -0.15) is 4.98 Å². The predicted molar refractivity (Wildman–Crippen MR) is 90.4 cm³/mol. The number of anilines is 4. The van der Waals surface area contributed by atoms with Crippen LogP contribution in [0.3, 0.4) is 0 Å². The summed E-state index contributed by atoms with van der Waals surface area (Å²) in [4.78, 5) is 10.9. The topological polar surface area (TPSA) is 82.5 Å². The van der Waals surface area contributed by atoms with E-state index in [-0.39, 0.29) is 6.61 Å². The molecule has 1 aliphatic heterocycles. The minimum atomic E-state index is 0.0652. The van der Waals surface area contributed by atoms with Crippen LogP contribution in [0.25, 0.3) is 0 Å². The lowest BCUT2D eigenvalue weighted by atomic mass is 10.2. The SMILES string of the molecule is OCCNc1ccnc(Nc2ccc(N3CCOCC3)cc2)n1. The summed E-state index contributed by atoms with van der Waals surface area (Å²) >= 11 is 0. The number of aliphatic hydroxyl groups excluding tert-OH is 1. The van der Waals surface area contributed by atoms with E-state index in [9.17, 15) is 0 Å². The Bertz CT molecular complexity index is 614. The molecule has 122 valence electrons. The van der Waals surface area contributed by atoms with Crippen molar-refractivity contribution in [1.29, 1.82) is 0 Å². The molecule has 1 aliphatic rings. The fraction of sp³-hybridized carbons (Fsp3) is 0.375. The van der Waals surface area contributed by atoms with Crippen molar-refractivity contribution in [3.05, 3.63) is 36.5 Å². The molecule has 1 saturated heterocycles. The van der Waals surface area contributed by atoms with Crippen LogP contribution in [0.2, 0.25) is 0 Å². The van der Waals surface area contributed by atoms with Crippen molar-refractivity contribution in [3.63, 3.8) is 0 Å². The van der Waals surface area contributed by atoms with Gasteiger partial charge in [0.25, 0.3) is 0 Å². The third-order valence-electron chi connectivity index (χ3n) is 3.57. The molecule has 3 N–H and O–H groups in total. The number of benzene rings is 1. The molecule has 7 heteroatoms. The molecule has 7 nitrogen and oxygen atoms in total. The standard InChI is InChI=1S/C16H21N5O2/c22-10-7-17-15-5-6-18-16(20-15)19-13-1-3-14(4-2-13)21-8-11-23-12-9-21/h1-6,22H,7-12H2,(H2,17,18,19,20). The van der Waals surface area contributed by atoms with E-state index in [0.717, 1.165) is 32.0 Å². The number of rotatable bonds is 6. The molecule has 2 heterocycles. The Morgan fingerprint density at radius 2 is 1.91 bits per heavy atom. The first-order chi connectivity index (χ1) is 11.3. The number of hydrogen-bond donors (Lipinski definition) is 3. The first-order valence-corrected chi connectivity index (χ1v) is 7.73. The summed E-state index contributed by atoms with van der Waals surface area (Å²) in [7, 11) is 0. The molecule has 0 amide bonds. The van der Waals surface area contributed by atoms with Gasteiger partial charge in [-0.05, 0) is 30.3 Å². The van der Waals surface area contributed by atoms with Crippen LogP contribution in [-0.4, -0.2) is 54.5 Å². The number of hydrogen-bond acceptors (Lipinski definition) is 7. The molecule has 1 aromatic heterocycles. The minimum Gasteiger partial charge on any atom is -0.395 e. The highest BCUT2D eigenvalue weighted by Crippen LogP contribution is 2.21. The van der Waals surface area contributed by atoms with Crippen LogP contribution in [0, 0.1) is 0 Å². The van der Waals surface area contributed by atoms with Crippen molar-refractivity contribution >= 4 is 23.1 Å². The van der Waals surface area contributed by atoms with Gasteiger partial charge < -0.3 is 25.4 Å². The quantitative estimate of drug-likeness (QED) is 0.744. The van der Waals surface area contributed by atoms with Crippen molar-refractivity contribution in [2.45, 2.75) is 0 Å². The van der Waals surface area contributed by atoms with Gasteiger partial charge in [-0.15, -0.1) is 0 Å². The molecule has 0 atom stereocenters. The zero-order valence-corrected chi connectivity index (χ0v) is 12.9. The molecule has 1 aromatic carbocycles. The Kier molecular flexibility index (Phi) is 5.23. The van der Waals surface area contributed by atoms with Crippen LogP contribution in [-0.2, 0) is 4.74 Å². The lowest BCUT2D eigenvalue weighted by Crippen LogP contribution is -2.36. The van der Waals surface area contributed by atoms with E-state index in [4.69, 9.17) is 9.84 Å². The average Bonchev–Trinajstić information content (AvgIpc) is 2.62. The number of aliphatic hydroxyl groups is 1. The van der Waals surface area contributed by atoms with E-state index >= 15 is 0 Å². The molecule has 0 saturated carbocycles. The number of aromatic nitrogens is 2. The van der Waals surface area contributed by atoms with Gasteiger partial charge in [-0.3, -0.25) is 0 Å². The fourth-order valence-corrected chi connectivity index (χ4v) is 2.41. The maximum absolute atomic E-state index is 8.83. The van der Waals surface area contributed by atoms with Gasteiger partial charge in [0.2, 0.25) is 5.95 Å². The monoisotopic (exact) mass is 315 g/mol. The van der Waals surface area contributed by atoms with Crippen LogP contribution in [0.1, 0.15) is 0 Å². The Morgan fingerprint density at radius 1 is 1.13 bits per heavy atom. The second-order valence-electron chi connectivity index (χ2n) is 5.19. The Morgan fingerprint density at radius 3 is 2.65 bits per heavy atom. The first kappa shape index (κ1) is 15.5. The van der Waals surface area contributed by atoms with Crippen molar-refractivity contribution in [2.24, 2.45) is 0 Å². The summed E-state index contributed by atoms with van der Waals surface area (Å²) in [5, 5.41) is 15.0. The van der Waals surface area contributed by atoms with Gasteiger partial charge in [0, 0.05) is 37.2 Å². The zero-order chi connectivity index (χ0) is 15.9. The Labute approximate surface area is 135 Å². The highest BCUT2D eigenvalue weighted by Gasteiger charge is 2.10. The highest BCUT2D eigenvalue weighted by atomic mass is 16.5. The second kappa shape index (κ2) is 7.75. The summed E-state index contributed by atoms with van der Waals surface area (Å²) in [5.41, 5.74) is 2.12. The molecular weight excluding hydrogens is 294 g/mol. The first-order valence-electron chi connectivity index (χ1n) is 7.73. The lowest BCUT2D eigenvalue weighted by Gasteiger charge is -2.28. The van der Waals surface area contributed by atoms with Crippen molar-refractivity contribution in [2.75, 3.05) is 55.0 Å². The maximum atomic E-state index is 8.83. The van der Waals surface area contributed by atoms with E-state index in [0.29, 0.717) is 18.3 Å². The van der Waals surface area contributed by atoms with Gasteiger partial charge in [-0.25, -0.2) is 4.98 Å². The van der Waals surface area contributed by atoms with Crippen molar-refractivity contribution in [3.8, 4) is 0 Å². The van der Waals surface area contributed by atoms with E-state index < -0.39 is 0 Å². The minimum absolute atomic E-state index is 0.0652. The van der Waals surface area contributed by atoms with Crippen LogP contribution in [0.15, 0.2) is 36.5 Å². The van der Waals surface area contributed by atoms with Gasteiger partial charge in [0.15, 0.2) is 0 Å². The zero-order valence-electron chi connectivity index (χ0n) is 12.9. The molecule has 0 unspecified atom stereocenters. The number of morpholine rings is 1. The highest BCUT2D eigenvalue weighted by molar-refractivity contribution is 5.60. The van der Waals surface area contributed by atoms with E-state index in [1.54, 1.807) is 12.3 Å². The fourth-order valence-electron chi connectivity index (χ4n) is 2.41. The molecule has 0 radical (unpaired) electrons. The third-order valence-corrected chi connectivity index (χ3v) is 3.57. The van der Waals surface area contributed by atoms with Crippen molar-refractivity contribution in [1.82, 2.24) is 9.97 Å². The molecular formula is C16H21N5O2. The maximum Gasteiger partial charge on any atom is 0.229 e. The second-order valence-corrected chi connectivity index (χ2v) is 5.19. The molecule has 1 fully saturated rings. The summed E-state index contributed by atoms with van der Waals surface area (Å²) in [6.07, 6.45) is 1.68. The number of nitrogens with one attached hydrogen (secondary N) is 2.